The molecule has 1 unspecified atom stereocenters. The van der Waals surface area contributed by atoms with Gasteiger partial charge in [0.15, 0.2) is 5.96 Å². The molecule has 9 heteroatoms. The molecule has 2 aromatic rings. The van der Waals surface area contributed by atoms with Gasteiger partial charge in [-0.15, -0.1) is 35.3 Å². The summed E-state index contributed by atoms with van der Waals surface area (Å²) in [4.78, 5) is 10.8. The van der Waals surface area contributed by atoms with E-state index < -0.39 is 11.6 Å². The van der Waals surface area contributed by atoms with Gasteiger partial charge in [-0.25, -0.2) is 13.8 Å². The second-order valence-corrected chi connectivity index (χ2v) is 7.82. The first kappa shape index (κ1) is 22.8. The lowest BCUT2D eigenvalue weighted by molar-refractivity contribution is 0.580. The number of hydrogen-bond acceptors (Lipinski definition) is 4. The van der Waals surface area contributed by atoms with Gasteiger partial charge in [0, 0.05) is 43.5 Å². The van der Waals surface area contributed by atoms with E-state index in [4.69, 9.17) is 0 Å². The lowest BCUT2D eigenvalue weighted by atomic mass is 10.2. The SMILES string of the molecule is CN=C(NCc1csc(C(C)C)n1)NC1CCN(c2ccc(F)cc2F)C1.I. The maximum atomic E-state index is 14.0. The number of anilines is 1. The van der Waals surface area contributed by atoms with Crippen LogP contribution >= 0.6 is 35.3 Å². The number of aliphatic imine (C=N–C) groups is 1. The van der Waals surface area contributed by atoms with Gasteiger partial charge < -0.3 is 15.5 Å². The van der Waals surface area contributed by atoms with Crippen molar-refractivity contribution in [2.24, 2.45) is 4.99 Å². The zero-order valence-electron chi connectivity index (χ0n) is 16.2. The van der Waals surface area contributed by atoms with Crippen LogP contribution in [0.3, 0.4) is 0 Å². The Morgan fingerprint density at radius 1 is 1.39 bits per heavy atom. The van der Waals surface area contributed by atoms with Crippen LogP contribution in [-0.2, 0) is 6.54 Å². The Labute approximate surface area is 185 Å². The molecule has 0 radical (unpaired) electrons. The van der Waals surface area contributed by atoms with E-state index in [0.717, 1.165) is 23.2 Å². The molecule has 0 aliphatic carbocycles. The maximum Gasteiger partial charge on any atom is 0.191 e. The van der Waals surface area contributed by atoms with Gasteiger partial charge in [-0.2, -0.15) is 0 Å². The van der Waals surface area contributed by atoms with Gasteiger partial charge in [0.25, 0.3) is 0 Å². The number of benzene rings is 1. The molecule has 0 amide bonds. The molecule has 1 aromatic heterocycles. The van der Waals surface area contributed by atoms with E-state index >= 15 is 0 Å². The predicted octanol–water partition coefficient (Wildman–Crippen LogP) is 4.11. The second kappa shape index (κ2) is 10.3. The lowest BCUT2D eigenvalue weighted by Crippen LogP contribution is -2.44. The third-order valence-corrected chi connectivity index (χ3v) is 5.70. The molecule has 1 aliphatic rings. The zero-order valence-corrected chi connectivity index (χ0v) is 19.4. The fourth-order valence-corrected chi connectivity index (χ4v) is 3.90. The highest BCUT2D eigenvalue weighted by molar-refractivity contribution is 14.0. The average molecular weight is 521 g/mol. The van der Waals surface area contributed by atoms with Crippen molar-refractivity contribution in [2.45, 2.75) is 38.8 Å². The summed E-state index contributed by atoms with van der Waals surface area (Å²) in [7, 11) is 1.72. The fraction of sp³-hybridized carbons (Fsp3) is 0.474. The summed E-state index contributed by atoms with van der Waals surface area (Å²) < 4.78 is 27.1. The van der Waals surface area contributed by atoms with Crippen molar-refractivity contribution in [3.05, 3.63) is 45.9 Å². The minimum atomic E-state index is -0.558. The minimum absolute atomic E-state index is 0. The summed E-state index contributed by atoms with van der Waals surface area (Å²) in [6, 6.07) is 3.85. The number of rotatable bonds is 5. The maximum absolute atomic E-state index is 14.0. The molecule has 2 heterocycles. The van der Waals surface area contributed by atoms with Crippen LogP contribution in [-0.4, -0.2) is 37.1 Å². The molecule has 1 atom stereocenters. The molecule has 3 rings (SSSR count). The normalized spacial score (nSPS) is 17.0. The Bertz CT molecular complexity index is 811. The van der Waals surface area contributed by atoms with Crippen LogP contribution in [0.4, 0.5) is 14.5 Å². The van der Waals surface area contributed by atoms with Gasteiger partial charge in [0.1, 0.15) is 11.6 Å². The van der Waals surface area contributed by atoms with E-state index in [9.17, 15) is 8.78 Å². The molecule has 1 aliphatic heterocycles. The fourth-order valence-electron chi connectivity index (χ4n) is 3.07. The molecular formula is C19H26F2IN5S. The van der Waals surface area contributed by atoms with E-state index in [1.807, 2.05) is 4.90 Å². The molecule has 154 valence electrons. The molecule has 28 heavy (non-hydrogen) atoms. The van der Waals surface area contributed by atoms with E-state index in [-0.39, 0.29) is 30.0 Å². The highest BCUT2D eigenvalue weighted by atomic mass is 127. The van der Waals surface area contributed by atoms with Gasteiger partial charge in [-0.05, 0) is 18.6 Å². The summed E-state index contributed by atoms with van der Waals surface area (Å²) in [5.74, 6) is 0.0399. The van der Waals surface area contributed by atoms with Crippen LogP contribution < -0.4 is 15.5 Å². The Morgan fingerprint density at radius 2 is 2.18 bits per heavy atom. The van der Waals surface area contributed by atoms with Crippen LogP contribution in [0.25, 0.3) is 0 Å². The van der Waals surface area contributed by atoms with Gasteiger partial charge in [-0.1, -0.05) is 13.8 Å². The van der Waals surface area contributed by atoms with Gasteiger partial charge >= 0.3 is 0 Å². The van der Waals surface area contributed by atoms with Crippen molar-refractivity contribution in [2.75, 3.05) is 25.0 Å². The summed E-state index contributed by atoms with van der Waals surface area (Å²) in [5, 5.41) is 9.84. The largest absolute Gasteiger partial charge is 0.367 e. The summed E-state index contributed by atoms with van der Waals surface area (Å²) in [6.45, 7) is 6.21. The number of aromatic nitrogens is 1. The Kier molecular flexibility index (Phi) is 8.41. The van der Waals surface area contributed by atoms with Crippen molar-refractivity contribution in [1.29, 1.82) is 0 Å². The molecule has 5 nitrogen and oxygen atoms in total. The third-order valence-electron chi connectivity index (χ3n) is 4.50. The van der Waals surface area contributed by atoms with E-state index in [1.165, 1.54) is 12.1 Å². The van der Waals surface area contributed by atoms with Gasteiger partial charge in [0.05, 0.1) is 22.9 Å². The quantitative estimate of drug-likeness (QED) is 0.354. The zero-order chi connectivity index (χ0) is 19.4. The number of nitrogens with one attached hydrogen (secondary N) is 2. The van der Waals surface area contributed by atoms with Crippen LogP contribution in [0.2, 0.25) is 0 Å². The van der Waals surface area contributed by atoms with Gasteiger partial charge in [-0.3, -0.25) is 4.99 Å². The Morgan fingerprint density at radius 3 is 2.82 bits per heavy atom. The van der Waals surface area contributed by atoms with Crippen LogP contribution in [0.1, 0.15) is 36.9 Å². The van der Waals surface area contributed by atoms with E-state index in [0.29, 0.717) is 37.2 Å². The molecular weight excluding hydrogens is 495 g/mol. The molecule has 0 spiro atoms. The van der Waals surface area contributed by atoms with Crippen LogP contribution in [0, 0.1) is 11.6 Å². The molecule has 1 saturated heterocycles. The first-order valence-corrected chi connectivity index (χ1v) is 9.95. The smallest absolute Gasteiger partial charge is 0.191 e. The standard InChI is InChI=1S/C19H25F2N5S.HI/c1-12(2)18-24-15(11-27-18)9-23-19(22-3)25-14-6-7-26(10-14)17-5-4-13(20)8-16(17)21;/h4-5,8,11-12,14H,6-7,9-10H2,1-3H3,(H2,22,23,25);1H. The van der Waals surface area contributed by atoms with Crippen molar-refractivity contribution in [1.82, 2.24) is 15.6 Å². The highest BCUT2D eigenvalue weighted by Crippen LogP contribution is 2.24. The summed E-state index contributed by atoms with van der Waals surface area (Å²) >= 11 is 1.67. The number of thiazole rings is 1. The molecule has 0 bridgehead atoms. The first-order chi connectivity index (χ1) is 13.0. The van der Waals surface area contributed by atoms with Crippen molar-refractivity contribution in [3.63, 3.8) is 0 Å². The predicted molar refractivity (Wildman–Crippen MR) is 122 cm³/mol. The molecule has 1 aromatic carbocycles. The second-order valence-electron chi connectivity index (χ2n) is 6.93. The van der Waals surface area contributed by atoms with Crippen LogP contribution in [0.5, 0.6) is 0 Å². The Hall–Kier alpha value is -1.49. The molecule has 0 saturated carbocycles. The van der Waals surface area contributed by atoms with Crippen LogP contribution in [0.15, 0.2) is 28.6 Å². The number of halogens is 3. The monoisotopic (exact) mass is 521 g/mol. The third kappa shape index (κ3) is 5.76. The van der Waals surface area contributed by atoms with E-state index in [2.05, 4.69) is 39.8 Å². The van der Waals surface area contributed by atoms with Crippen molar-refractivity contribution >= 4 is 47.0 Å². The first-order valence-electron chi connectivity index (χ1n) is 9.07. The summed E-state index contributed by atoms with van der Waals surface area (Å²) in [6.07, 6.45) is 0.853. The number of hydrogen-bond donors (Lipinski definition) is 2. The van der Waals surface area contributed by atoms with E-state index in [1.54, 1.807) is 18.4 Å². The summed E-state index contributed by atoms with van der Waals surface area (Å²) in [5.41, 5.74) is 1.43. The Balaban J connectivity index is 0.00000280. The number of guanidine groups is 1. The van der Waals surface area contributed by atoms with Crippen molar-refractivity contribution in [3.8, 4) is 0 Å². The van der Waals surface area contributed by atoms with Crippen molar-refractivity contribution < 1.29 is 8.78 Å². The minimum Gasteiger partial charge on any atom is -0.367 e. The molecule has 1 fully saturated rings. The number of nitrogens with zero attached hydrogens (tertiary/aromatic N) is 3. The molecule has 2 N–H and O–H groups in total. The van der Waals surface area contributed by atoms with Gasteiger partial charge in [0.2, 0.25) is 0 Å². The lowest BCUT2D eigenvalue weighted by Gasteiger charge is -2.20. The highest BCUT2D eigenvalue weighted by Gasteiger charge is 2.25. The average Bonchev–Trinajstić information content (AvgIpc) is 3.28. The topological polar surface area (TPSA) is 52.6 Å².